The number of amides is 1. The Kier molecular flexibility index (Phi) is 5.83. The normalized spacial score (nSPS) is 20.0. The maximum atomic E-state index is 12.7. The third-order valence-electron chi connectivity index (χ3n) is 6.69. The van der Waals surface area contributed by atoms with Gasteiger partial charge in [-0.2, -0.15) is 0 Å². The molecule has 170 valence electrons. The Balaban J connectivity index is 1.78. The smallest absolute Gasteiger partial charge is 0.226 e. The number of primary amides is 1. The zero-order valence-electron chi connectivity index (χ0n) is 19.4. The van der Waals surface area contributed by atoms with Gasteiger partial charge in [-0.1, -0.05) is 74.8 Å². The SMILES string of the molecule is CC(C)(C)c1ccc(-c2cccc(C3Nc4c(C=O)cc(Cl)cc4CC3(C)C(N)=O)c2)cc1. The highest BCUT2D eigenvalue weighted by Crippen LogP contribution is 2.47. The fourth-order valence-corrected chi connectivity index (χ4v) is 4.89. The molecule has 3 aromatic carbocycles. The average Bonchev–Trinajstić information content (AvgIpc) is 2.77. The van der Waals surface area contributed by atoms with Crippen molar-refractivity contribution in [2.24, 2.45) is 11.1 Å². The van der Waals surface area contributed by atoms with Crippen molar-refractivity contribution in [1.29, 1.82) is 0 Å². The van der Waals surface area contributed by atoms with Gasteiger partial charge in [-0.3, -0.25) is 9.59 Å². The molecule has 0 fully saturated rings. The van der Waals surface area contributed by atoms with E-state index in [0.29, 0.717) is 22.7 Å². The lowest BCUT2D eigenvalue weighted by Crippen LogP contribution is -2.47. The Labute approximate surface area is 200 Å². The zero-order valence-corrected chi connectivity index (χ0v) is 20.2. The highest BCUT2D eigenvalue weighted by atomic mass is 35.5. The van der Waals surface area contributed by atoms with E-state index in [4.69, 9.17) is 17.3 Å². The molecule has 3 aromatic rings. The van der Waals surface area contributed by atoms with Crippen molar-refractivity contribution in [2.45, 2.75) is 45.6 Å². The van der Waals surface area contributed by atoms with Gasteiger partial charge in [-0.15, -0.1) is 0 Å². The molecule has 1 amide bonds. The predicted molar refractivity (Wildman–Crippen MR) is 135 cm³/mol. The van der Waals surface area contributed by atoms with E-state index in [1.165, 1.54) is 5.56 Å². The summed E-state index contributed by atoms with van der Waals surface area (Å²) in [5.74, 6) is -0.404. The topological polar surface area (TPSA) is 72.2 Å². The van der Waals surface area contributed by atoms with Crippen LogP contribution in [0, 0.1) is 5.41 Å². The van der Waals surface area contributed by atoms with Crippen LogP contribution in [0.15, 0.2) is 60.7 Å². The van der Waals surface area contributed by atoms with Gasteiger partial charge in [0.05, 0.1) is 11.5 Å². The molecule has 33 heavy (non-hydrogen) atoms. The van der Waals surface area contributed by atoms with Crippen molar-refractivity contribution in [3.63, 3.8) is 0 Å². The van der Waals surface area contributed by atoms with Crippen LogP contribution in [0.2, 0.25) is 5.02 Å². The summed E-state index contributed by atoms with van der Waals surface area (Å²) in [6.45, 7) is 8.45. The number of carbonyl (C=O) groups is 2. The van der Waals surface area contributed by atoms with Crippen molar-refractivity contribution >= 4 is 29.5 Å². The van der Waals surface area contributed by atoms with Crippen molar-refractivity contribution in [2.75, 3.05) is 5.32 Å². The maximum absolute atomic E-state index is 12.7. The molecule has 0 aromatic heterocycles. The maximum Gasteiger partial charge on any atom is 0.226 e. The van der Waals surface area contributed by atoms with Crippen LogP contribution in [0.25, 0.3) is 11.1 Å². The van der Waals surface area contributed by atoms with Crippen LogP contribution in [0.5, 0.6) is 0 Å². The fourth-order valence-electron chi connectivity index (χ4n) is 4.64. The minimum Gasteiger partial charge on any atom is -0.376 e. The molecule has 0 bridgehead atoms. The van der Waals surface area contributed by atoms with Gasteiger partial charge in [0, 0.05) is 16.3 Å². The summed E-state index contributed by atoms with van der Waals surface area (Å²) in [5.41, 5.74) is 11.5. The van der Waals surface area contributed by atoms with Crippen molar-refractivity contribution in [3.8, 4) is 11.1 Å². The first-order chi connectivity index (χ1) is 15.5. The van der Waals surface area contributed by atoms with Gasteiger partial charge in [0.1, 0.15) is 0 Å². The summed E-state index contributed by atoms with van der Waals surface area (Å²) in [7, 11) is 0. The Bertz CT molecular complexity index is 1230. The quantitative estimate of drug-likeness (QED) is 0.447. The number of halogens is 1. The van der Waals surface area contributed by atoms with Crippen LogP contribution in [0.1, 0.15) is 60.8 Å². The lowest BCUT2D eigenvalue weighted by molar-refractivity contribution is -0.127. The van der Waals surface area contributed by atoms with E-state index in [0.717, 1.165) is 28.5 Å². The van der Waals surface area contributed by atoms with E-state index in [1.807, 2.05) is 19.1 Å². The van der Waals surface area contributed by atoms with E-state index in [9.17, 15) is 9.59 Å². The second-order valence-electron chi connectivity index (χ2n) is 10.1. The van der Waals surface area contributed by atoms with Gasteiger partial charge in [-0.25, -0.2) is 0 Å². The van der Waals surface area contributed by atoms with Crippen molar-refractivity contribution in [1.82, 2.24) is 0 Å². The molecule has 3 N–H and O–H groups in total. The fraction of sp³-hybridized carbons (Fsp3) is 0.286. The molecule has 0 aliphatic carbocycles. The lowest BCUT2D eigenvalue weighted by atomic mass is 9.70. The second-order valence-corrected chi connectivity index (χ2v) is 10.6. The summed E-state index contributed by atoms with van der Waals surface area (Å²) >= 11 is 6.21. The van der Waals surface area contributed by atoms with Crippen LogP contribution in [0.3, 0.4) is 0 Å². The van der Waals surface area contributed by atoms with Crippen LogP contribution in [-0.4, -0.2) is 12.2 Å². The molecule has 0 saturated heterocycles. The van der Waals surface area contributed by atoms with Crippen LogP contribution < -0.4 is 11.1 Å². The summed E-state index contributed by atoms with van der Waals surface area (Å²) in [6.07, 6.45) is 1.18. The number of nitrogens with two attached hydrogens (primary N) is 1. The second kappa shape index (κ2) is 8.35. The van der Waals surface area contributed by atoms with Crippen molar-refractivity contribution in [3.05, 3.63) is 87.9 Å². The lowest BCUT2D eigenvalue weighted by Gasteiger charge is -2.42. The molecule has 1 aliphatic rings. The number of carbonyl (C=O) groups excluding carboxylic acids is 2. The summed E-state index contributed by atoms with van der Waals surface area (Å²) < 4.78 is 0. The summed E-state index contributed by atoms with van der Waals surface area (Å²) in [5, 5.41) is 3.91. The van der Waals surface area contributed by atoms with E-state index in [1.54, 1.807) is 12.1 Å². The number of fused-ring (bicyclic) bond motifs is 1. The van der Waals surface area contributed by atoms with Crippen molar-refractivity contribution < 1.29 is 9.59 Å². The average molecular weight is 461 g/mol. The Morgan fingerprint density at radius 3 is 2.39 bits per heavy atom. The van der Waals surface area contributed by atoms with Gasteiger partial charge in [0.15, 0.2) is 6.29 Å². The molecule has 2 unspecified atom stereocenters. The standard InChI is InChI=1S/C28H29ClN2O2/c1-27(2,3)22-10-8-17(9-11-22)18-6-5-7-19(12-18)25-28(4,26(30)33)15-20-13-23(29)14-21(16-32)24(20)31-25/h5-14,16,25,31H,15H2,1-4H3,(H2,30,33). The van der Waals surface area contributed by atoms with E-state index < -0.39 is 17.4 Å². The molecule has 0 radical (unpaired) electrons. The van der Waals surface area contributed by atoms with Gasteiger partial charge in [-0.05, 0) is 64.8 Å². The number of hydrogen-bond donors (Lipinski definition) is 2. The molecule has 0 spiro atoms. The number of benzene rings is 3. The predicted octanol–water partition coefficient (Wildman–Crippen LogP) is 6.32. The number of anilines is 1. The van der Waals surface area contributed by atoms with E-state index >= 15 is 0 Å². The molecule has 5 heteroatoms. The highest BCUT2D eigenvalue weighted by Gasteiger charge is 2.45. The number of hydrogen-bond acceptors (Lipinski definition) is 3. The molecule has 4 rings (SSSR count). The molecule has 4 nitrogen and oxygen atoms in total. The first-order valence-corrected chi connectivity index (χ1v) is 11.5. The monoisotopic (exact) mass is 460 g/mol. The van der Waals surface area contributed by atoms with Gasteiger partial charge >= 0.3 is 0 Å². The Morgan fingerprint density at radius 2 is 1.79 bits per heavy atom. The highest BCUT2D eigenvalue weighted by molar-refractivity contribution is 6.31. The number of aldehydes is 1. The molecule has 1 aliphatic heterocycles. The van der Waals surface area contributed by atoms with Gasteiger partial charge in [0.2, 0.25) is 5.91 Å². The third kappa shape index (κ3) is 4.28. The first-order valence-electron chi connectivity index (χ1n) is 11.1. The van der Waals surface area contributed by atoms with Gasteiger partial charge < -0.3 is 11.1 Å². The van der Waals surface area contributed by atoms with E-state index in [2.05, 4.69) is 62.5 Å². The van der Waals surface area contributed by atoms with Crippen LogP contribution in [-0.2, 0) is 16.6 Å². The molecular weight excluding hydrogens is 432 g/mol. The van der Waals surface area contributed by atoms with Gasteiger partial charge in [0.25, 0.3) is 0 Å². The zero-order chi connectivity index (χ0) is 24.0. The van der Waals surface area contributed by atoms with Crippen LogP contribution >= 0.6 is 11.6 Å². The molecule has 1 heterocycles. The summed E-state index contributed by atoms with van der Waals surface area (Å²) in [6, 6.07) is 19.7. The summed E-state index contributed by atoms with van der Waals surface area (Å²) in [4.78, 5) is 24.4. The Hall–Kier alpha value is -3.11. The minimum absolute atomic E-state index is 0.0856. The van der Waals surface area contributed by atoms with E-state index in [-0.39, 0.29) is 5.41 Å². The molecule has 2 atom stereocenters. The number of rotatable bonds is 4. The molecular formula is C28H29ClN2O2. The van der Waals surface area contributed by atoms with Crippen LogP contribution in [0.4, 0.5) is 5.69 Å². The Morgan fingerprint density at radius 1 is 1.09 bits per heavy atom. The first kappa shape index (κ1) is 23.1. The molecule has 0 saturated carbocycles. The largest absolute Gasteiger partial charge is 0.376 e. The third-order valence-corrected chi connectivity index (χ3v) is 6.91. The number of nitrogens with one attached hydrogen (secondary N) is 1. The minimum atomic E-state index is -0.896.